The van der Waals surface area contributed by atoms with Crippen LogP contribution in [-0.2, 0) is 0 Å². The average molecular weight is 292 g/mol. The lowest BCUT2D eigenvalue weighted by Gasteiger charge is -2.08. The maximum absolute atomic E-state index is 13.6. The van der Waals surface area contributed by atoms with Crippen molar-refractivity contribution in [1.29, 1.82) is 0 Å². The van der Waals surface area contributed by atoms with Gasteiger partial charge in [-0.2, -0.15) is 0 Å². The molecule has 0 radical (unpaired) electrons. The highest BCUT2D eigenvalue weighted by atomic mass is 19.1. The minimum Gasteiger partial charge on any atom is -0.478 e. The zero-order chi connectivity index (χ0) is 15.6. The number of amides is 1. The Balaban J connectivity index is 2.31. The summed E-state index contributed by atoms with van der Waals surface area (Å²) in [5.41, 5.74) is 4.62. The SMILES string of the molecule is Nc1ccc(C(=O)Nc2cc(C(=O)O)ccc2F)c(F)c1. The van der Waals surface area contributed by atoms with Crippen LogP contribution in [-0.4, -0.2) is 17.0 Å². The Hall–Kier alpha value is -2.96. The van der Waals surface area contributed by atoms with Crippen LogP contribution in [0.5, 0.6) is 0 Å². The van der Waals surface area contributed by atoms with Crippen molar-refractivity contribution < 1.29 is 23.5 Å². The monoisotopic (exact) mass is 292 g/mol. The molecule has 0 heterocycles. The minimum absolute atomic E-state index is 0.142. The first-order chi connectivity index (χ1) is 9.88. The first kappa shape index (κ1) is 14.4. The van der Waals surface area contributed by atoms with Crippen LogP contribution >= 0.6 is 0 Å². The molecule has 2 rings (SSSR count). The van der Waals surface area contributed by atoms with Gasteiger partial charge in [-0.05, 0) is 36.4 Å². The fraction of sp³-hybridized carbons (Fsp3) is 0. The lowest BCUT2D eigenvalue weighted by Crippen LogP contribution is -2.15. The van der Waals surface area contributed by atoms with Gasteiger partial charge in [-0.3, -0.25) is 4.79 Å². The third-order valence-electron chi connectivity index (χ3n) is 2.70. The van der Waals surface area contributed by atoms with E-state index in [1.165, 1.54) is 6.07 Å². The zero-order valence-electron chi connectivity index (χ0n) is 10.6. The molecule has 0 spiro atoms. The van der Waals surface area contributed by atoms with Crippen molar-refractivity contribution in [3.05, 3.63) is 59.2 Å². The summed E-state index contributed by atoms with van der Waals surface area (Å²) in [5.74, 6) is -3.87. The smallest absolute Gasteiger partial charge is 0.335 e. The van der Waals surface area contributed by atoms with E-state index in [-0.39, 0.29) is 22.5 Å². The number of benzene rings is 2. The molecule has 0 saturated heterocycles. The van der Waals surface area contributed by atoms with Gasteiger partial charge in [0.05, 0.1) is 16.8 Å². The molecule has 108 valence electrons. The maximum atomic E-state index is 13.6. The van der Waals surface area contributed by atoms with Gasteiger partial charge in [-0.1, -0.05) is 0 Å². The molecule has 0 fully saturated rings. The molecule has 2 aromatic carbocycles. The number of aromatic carboxylic acids is 1. The Kier molecular flexibility index (Phi) is 3.84. The normalized spacial score (nSPS) is 10.2. The van der Waals surface area contributed by atoms with Crippen LogP contribution in [0.3, 0.4) is 0 Å². The van der Waals surface area contributed by atoms with Gasteiger partial charge >= 0.3 is 5.97 Å². The van der Waals surface area contributed by atoms with Gasteiger partial charge in [0.15, 0.2) is 0 Å². The number of nitrogens with two attached hydrogens (primary N) is 1. The van der Waals surface area contributed by atoms with E-state index in [1.54, 1.807) is 0 Å². The second-order valence-corrected chi connectivity index (χ2v) is 4.19. The molecule has 0 aliphatic rings. The van der Waals surface area contributed by atoms with Crippen molar-refractivity contribution in [2.24, 2.45) is 0 Å². The Morgan fingerprint density at radius 1 is 1.05 bits per heavy atom. The van der Waals surface area contributed by atoms with Crippen LogP contribution in [0.4, 0.5) is 20.2 Å². The second-order valence-electron chi connectivity index (χ2n) is 4.19. The number of anilines is 2. The van der Waals surface area contributed by atoms with E-state index in [4.69, 9.17) is 10.8 Å². The van der Waals surface area contributed by atoms with Crippen LogP contribution < -0.4 is 11.1 Å². The number of carboxylic acid groups (broad SMARTS) is 1. The molecule has 0 bridgehead atoms. The number of carbonyl (C=O) groups is 2. The lowest BCUT2D eigenvalue weighted by atomic mass is 10.1. The minimum atomic E-state index is -1.27. The molecule has 0 aliphatic heterocycles. The molecule has 0 aromatic heterocycles. The summed E-state index contributed by atoms with van der Waals surface area (Å²) in [6.07, 6.45) is 0. The van der Waals surface area contributed by atoms with Gasteiger partial charge < -0.3 is 16.2 Å². The molecule has 0 saturated carbocycles. The van der Waals surface area contributed by atoms with Gasteiger partial charge in [0.25, 0.3) is 5.91 Å². The van der Waals surface area contributed by atoms with E-state index in [9.17, 15) is 18.4 Å². The number of carbonyl (C=O) groups excluding carboxylic acids is 1. The number of nitrogen functional groups attached to an aromatic ring is 1. The first-order valence-electron chi connectivity index (χ1n) is 5.77. The largest absolute Gasteiger partial charge is 0.478 e. The van der Waals surface area contributed by atoms with E-state index in [1.807, 2.05) is 0 Å². The van der Waals surface area contributed by atoms with Crippen molar-refractivity contribution in [2.45, 2.75) is 0 Å². The third-order valence-corrected chi connectivity index (χ3v) is 2.70. The van der Waals surface area contributed by atoms with Crippen LogP contribution in [0.2, 0.25) is 0 Å². The molecular formula is C14H10F2N2O3. The van der Waals surface area contributed by atoms with Crippen molar-refractivity contribution in [2.75, 3.05) is 11.1 Å². The van der Waals surface area contributed by atoms with Crippen LogP contribution in [0.15, 0.2) is 36.4 Å². The summed E-state index contributed by atoms with van der Waals surface area (Å²) in [6, 6.07) is 6.33. The highest BCUT2D eigenvalue weighted by Crippen LogP contribution is 2.19. The average Bonchev–Trinajstić information content (AvgIpc) is 2.40. The summed E-state index contributed by atoms with van der Waals surface area (Å²) in [4.78, 5) is 22.7. The number of carboxylic acids is 1. The van der Waals surface area contributed by atoms with E-state index in [0.29, 0.717) is 0 Å². The predicted octanol–water partition coefficient (Wildman–Crippen LogP) is 2.50. The predicted molar refractivity (Wildman–Crippen MR) is 72.1 cm³/mol. The second kappa shape index (κ2) is 5.58. The fourth-order valence-corrected chi connectivity index (χ4v) is 1.66. The van der Waals surface area contributed by atoms with Crippen LogP contribution in [0, 0.1) is 11.6 Å². The van der Waals surface area contributed by atoms with Gasteiger partial charge in [0, 0.05) is 5.69 Å². The number of nitrogens with one attached hydrogen (secondary N) is 1. The molecule has 5 nitrogen and oxygen atoms in total. The standard InChI is InChI=1S/C14H10F2N2O3/c15-10-4-1-7(14(20)21)5-12(10)18-13(19)9-3-2-8(17)6-11(9)16/h1-6H,17H2,(H,18,19)(H,20,21). The molecule has 2 aromatic rings. The molecule has 7 heteroatoms. The number of hydrogen-bond donors (Lipinski definition) is 3. The topological polar surface area (TPSA) is 92.4 Å². The number of rotatable bonds is 3. The lowest BCUT2D eigenvalue weighted by molar-refractivity contribution is 0.0696. The highest BCUT2D eigenvalue weighted by molar-refractivity contribution is 6.05. The number of halogens is 2. The maximum Gasteiger partial charge on any atom is 0.335 e. The van der Waals surface area contributed by atoms with E-state index < -0.39 is 23.5 Å². The molecule has 0 aliphatic carbocycles. The van der Waals surface area contributed by atoms with Crippen LogP contribution in [0.25, 0.3) is 0 Å². The molecule has 0 unspecified atom stereocenters. The Morgan fingerprint density at radius 2 is 1.76 bits per heavy atom. The summed E-state index contributed by atoms with van der Waals surface area (Å²) in [6.45, 7) is 0. The van der Waals surface area contributed by atoms with Gasteiger partial charge in [0.2, 0.25) is 0 Å². The Labute approximate surface area is 118 Å². The summed E-state index contributed by atoms with van der Waals surface area (Å²) in [7, 11) is 0. The molecule has 0 atom stereocenters. The zero-order valence-corrected chi connectivity index (χ0v) is 10.6. The summed E-state index contributed by atoms with van der Waals surface area (Å²) >= 11 is 0. The van der Waals surface area contributed by atoms with Crippen LogP contribution in [0.1, 0.15) is 20.7 Å². The molecule has 4 N–H and O–H groups in total. The molecule has 1 amide bonds. The van der Waals surface area contributed by atoms with Crippen molar-refractivity contribution >= 4 is 23.3 Å². The van der Waals surface area contributed by atoms with Gasteiger partial charge in [-0.15, -0.1) is 0 Å². The highest BCUT2D eigenvalue weighted by Gasteiger charge is 2.15. The van der Waals surface area contributed by atoms with E-state index >= 15 is 0 Å². The third kappa shape index (κ3) is 3.14. The van der Waals surface area contributed by atoms with E-state index in [0.717, 1.165) is 30.3 Å². The Bertz CT molecular complexity index is 732. The summed E-state index contributed by atoms with van der Waals surface area (Å²) in [5, 5.41) is 10.9. The van der Waals surface area contributed by atoms with Crippen molar-refractivity contribution in [3.63, 3.8) is 0 Å². The van der Waals surface area contributed by atoms with Crippen molar-refractivity contribution in [3.8, 4) is 0 Å². The first-order valence-corrected chi connectivity index (χ1v) is 5.77. The van der Waals surface area contributed by atoms with Crippen molar-refractivity contribution in [1.82, 2.24) is 0 Å². The molecular weight excluding hydrogens is 282 g/mol. The van der Waals surface area contributed by atoms with E-state index in [2.05, 4.69) is 5.32 Å². The summed E-state index contributed by atoms with van der Waals surface area (Å²) < 4.78 is 27.1. The quantitative estimate of drug-likeness (QED) is 0.758. The number of hydrogen-bond acceptors (Lipinski definition) is 3. The Morgan fingerprint density at radius 3 is 2.38 bits per heavy atom. The van der Waals surface area contributed by atoms with Gasteiger partial charge in [-0.25, -0.2) is 13.6 Å². The molecule has 21 heavy (non-hydrogen) atoms. The van der Waals surface area contributed by atoms with Gasteiger partial charge in [0.1, 0.15) is 11.6 Å². The fourth-order valence-electron chi connectivity index (χ4n) is 1.66.